The Balaban J connectivity index is 2.35. The van der Waals surface area contributed by atoms with Crippen molar-refractivity contribution in [1.29, 1.82) is 0 Å². The highest BCUT2D eigenvalue weighted by atomic mass is 19.1. The lowest BCUT2D eigenvalue weighted by Gasteiger charge is -2.22. The summed E-state index contributed by atoms with van der Waals surface area (Å²) in [6.07, 6.45) is 3.22. The van der Waals surface area contributed by atoms with Gasteiger partial charge in [0.25, 0.3) is 0 Å². The molecule has 2 rings (SSSR count). The van der Waals surface area contributed by atoms with Gasteiger partial charge in [-0.25, -0.2) is 4.39 Å². The molecule has 0 spiro atoms. The van der Waals surface area contributed by atoms with Gasteiger partial charge in [0.2, 0.25) is 0 Å². The van der Waals surface area contributed by atoms with Crippen LogP contribution in [0.25, 0.3) is 0 Å². The van der Waals surface area contributed by atoms with Crippen LogP contribution in [0.5, 0.6) is 0 Å². The van der Waals surface area contributed by atoms with E-state index < -0.39 is 11.4 Å². The van der Waals surface area contributed by atoms with E-state index in [0.717, 1.165) is 6.20 Å². The molecule has 0 aliphatic carbocycles. The number of rotatable bonds is 1. The van der Waals surface area contributed by atoms with Gasteiger partial charge in [-0.2, -0.15) is 0 Å². The number of β-amino-alcohol motifs (C(OH)–C–C–N with tert-alkyl or cyclic N) is 1. The summed E-state index contributed by atoms with van der Waals surface area (Å²) in [5.41, 5.74) is -0.713. The average Bonchev–Trinajstić information content (AvgIpc) is 2.42. The number of likely N-dealkylation sites (N-methyl/N-ethyl adjacent to an activating group) is 1. The first kappa shape index (κ1) is 10.5. The molecule has 2 heterocycles. The number of aliphatic hydroxyl groups is 1. The second kappa shape index (κ2) is 3.54. The van der Waals surface area contributed by atoms with Gasteiger partial charge in [0.1, 0.15) is 11.4 Å². The van der Waals surface area contributed by atoms with Crippen LogP contribution in [0.4, 0.5) is 4.39 Å². The van der Waals surface area contributed by atoms with Gasteiger partial charge in [-0.1, -0.05) is 0 Å². The Hall–Kier alpha value is -1.00. The third-order valence-corrected chi connectivity index (χ3v) is 3.17. The van der Waals surface area contributed by atoms with Crippen LogP contribution in [-0.4, -0.2) is 34.6 Å². The standard InChI is InChI=1S/C11H15FN2O/c1-8-5-11(15,7-14(8)2)9-3-4-13-6-10(9)12/h3-4,6,8,15H,5,7H2,1-2H3. The lowest BCUT2D eigenvalue weighted by Crippen LogP contribution is -2.30. The Morgan fingerprint density at radius 3 is 2.93 bits per heavy atom. The second-order valence-corrected chi connectivity index (χ2v) is 4.36. The number of pyridine rings is 1. The van der Waals surface area contributed by atoms with Crippen LogP contribution in [-0.2, 0) is 5.60 Å². The molecule has 0 bridgehead atoms. The Morgan fingerprint density at radius 2 is 2.40 bits per heavy atom. The number of likely N-dealkylation sites (tertiary alicyclic amines) is 1. The van der Waals surface area contributed by atoms with Crippen molar-refractivity contribution in [2.75, 3.05) is 13.6 Å². The molecule has 0 aromatic carbocycles. The van der Waals surface area contributed by atoms with E-state index in [0.29, 0.717) is 18.5 Å². The predicted octanol–water partition coefficient (Wildman–Crippen LogP) is 1.13. The lowest BCUT2D eigenvalue weighted by atomic mass is 9.92. The van der Waals surface area contributed by atoms with E-state index in [2.05, 4.69) is 4.98 Å². The molecule has 1 aliphatic rings. The van der Waals surface area contributed by atoms with Crippen molar-refractivity contribution >= 4 is 0 Å². The maximum atomic E-state index is 13.5. The molecule has 15 heavy (non-hydrogen) atoms. The van der Waals surface area contributed by atoms with E-state index in [1.165, 1.54) is 6.20 Å². The fraction of sp³-hybridized carbons (Fsp3) is 0.545. The third-order valence-electron chi connectivity index (χ3n) is 3.17. The Kier molecular flexibility index (Phi) is 2.48. The molecule has 1 saturated heterocycles. The molecule has 0 radical (unpaired) electrons. The molecule has 1 aromatic heterocycles. The maximum Gasteiger partial charge on any atom is 0.147 e. The van der Waals surface area contributed by atoms with Crippen molar-refractivity contribution in [2.24, 2.45) is 0 Å². The summed E-state index contributed by atoms with van der Waals surface area (Å²) in [5, 5.41) is 10.4. The molecule has 4 heteroatoms. The van der Waals surface area contributed by atoms with Gasteiger partial charge in [0.15, 0.2) is 0 Å². The van der Waals surface area contributed by atoms with Crippen LogP contribution < -0.4 is 0 Å². The zero-order chi connectivity index (χ0) is 11.1. The minimum atomic E-state index is -1.07. The van der Waals surface area contributed by atoms with Crippen molar-refractivity contribution < 1.29 is 9.50 Å². The largest absolute Gasteiger partial charge is 0.384 e. The fourth-order valence-corrected chi connectivity index (χ4v) is 2.23. The van der Waals surface area contributed by atoms with Crippen LogP contribution in [0.3, 0.4) is 0 Å². The molecule has 82 valence electrons. The monoisotopic (exact) mass is 210 g/mol. The SMILES string of the molecule is CC1CC(O)(c2ccncc2F)CN1C. The van der Waals surface area contributed by atoms with Gasteiger partial charge < -0.3 is 10.0 Å². The number of nitrogens with zero attached hydrogens (tertiary/aromatic N) is 2. The van der Waals surface area contributed by atoms with Crippen LogP contribution >= 0.6 is 0 Å². The van der Waals surface area contributed by atoms with Crippen molar-refractivity contribution in [1.82, 2.24) is 9.88 Å². The minimum Gasteiger partial charge on any atom is -0.384 e. The van der Waals surface area contributed by atoms with Gasteiger partial charge in [0.05, 0.1) is 6.20 Å². The predicted molar refractivity (Wildman–Crippen MR) is 54.8 cm³/mol. The number of halogens is 1. The summed E-state index contributed by atoms with van der Waals surface area (Å²) in [5.74, 6) is -0.428. The van der Waals surface area contributed by atoms with Gasteiger partial charge in [-0.05, 0) is 26.5 Å². The minimum absolute atomic E-state index is 0.266. The van der Waals surface area contributed by atoms with Gasteiger partial charge in [0, 0.05) is 24.3 Å². The highest BCUT2D eigenvalue weighted by Gasteiger charge is 2.41. The molecular weight excluding hydrogens is 195 g/mol. The molecule has 1 aromatic rings. The molecule has 1 fully saturated rings. The first-order chi connectivity index (χ1) is 7.03. The van der Waals surface area contributed by atoms with E-state index in [1.54, 1.807) is 6.07 Å². The molecule has 2 atom stereocenters. The zero-order valence-corrected chi connectivity index (χ0v) is 8.94. The van der Waals surface area contributed by atoms with Crippen molar-refractivity contribution in [3.05, 3.63) is 29.8 Å². The number of hydrogen-bond donors (Lipinski definition) is 1. The van der Waals surface area contributed by atoms with Crippen LogP contribution in [0.15, 0.2) is 18.5 Å². The molecule has 0 saturated carbocycles. The Morgan fingerprint density at radius 1 is 1.67 bits per heavy atom. The molecule has 2 unspecified atom stereocenters. The molecular formula is C11H15FN2O. The van der Waals surface area contributed by atoms with Gasteiger partial charge >= 0.3 is 0 Å². The summed E-state index contributed by atoms with van der Waals surface area (Å²) in [6, 6.07) is 1.82. The van der Waals surface area contributed by atoms with E-state index in [1.807, 2.05) is 18.9 Å². The molecule has 0 amide bonds. The number of aromatic nitrogens is 1. The fourth-order valence-electron chi connectivity index (χ4n) is 2.23. The Bertz CT molecular complexity index is 359. The lowest BCUT2D eigenvalue weighted by molar-refractivity contribution is 0.0448. The van der Waals surface area contributed by atoms with Crippen molar-refractivity contribution in [3.8, 4) is 0 Å². The highest BCUT2D eigenvalue weighted by Crippen LogP contribution is 2.35. The van der Waals surface area contributed by atoms with Gasteiger partial charge in [-0.3, -0.25) is 4.98 Å². The molecule has 1 N–H and O–H groups in total. The van der Waals surface area contributed by atoms with Crippen LogP contribution in [0, 0.1) is 5.82 Å². The van der Waals surface area contributed by atoms with E-state index in [4.69, 9.17) is 0 Å². The molecule has 3 nitrogen and oxygen atoms in total. The Labute approximate surface area is 88.6 Å². The second-order valence-electron chi connectivity index (χ2n) is 4.36. The number of hydrogen-bond acceptors (Lipinski definition) is 3. The van der Waals surface area contributed by atoms with Crippen LogP contribution in [0.1, 0.15) is 18.9 Å². The van der Waals surface area contributed by atoms with E-state index in [9.17, 15) is 9.50 Å². The quantitative estimate of drug-likeness (QED) is 0.755. The highest BCUT2D eigenvalue weighted by molar-refractivity contribution is 5.23. The smallest absolute Gasteiger partial charge is 0.147 e. The zero-order valence-electron chi connectivity index (χ0n) is 8.94. The van der Waals surface area contributed by atoms with Crippen LogP contribution in [0.2, 0.25) is 0 Å². The topological polar surface area (TPSA) is 36.4 Å². The van der Waals surface area contributed by atoms with E-state index >= 15 is 0 Å². The van der Waals surface area contributed by atoms with Crippen molar-refractivity contribution in [2.45, 2.75) is 25.0 Å². The van der Waals surface area contributed by atoms with Gasteiger partial charge in [-0.15, -0.1) is 0 Å². The first-order valence-corrected chi connectivity index (χ1v) is 5.05. The first-order valence-electron chi connectivity index (χ1n) is 5.05. The average molecular weight is 210 g/mol. The van der Waals surface area contributed by atoms with Crippen molar-refractivity contribution in [3.63, 3.8) is 0 Å². The summed E-state index contributed by atoms with van der Waals surface area (Å²) < 4.78 is 13.5. The summed E-state index contributed by atoms with van der Waals surface area (Å²) in [7, 11) is 1.93. The third kappa shape index (κ3) is 1.75. The normalized spacial score (nSPS) is 32.1. The maximum absolute atomic E-state index is 13.5. The summed E-state index contributed by atoms with van der Waals surface area (Å²) in [6.45, 7) is 2.49. The summed E-state index contributed by atoms with van der Waals surface area (Å²) in [4.78, 5) is 5.71. The summed E-state index contributed by atoms with van der Waals surface area (Å²) >= 11 is 0. The van der Waals surface area contributed by atoms with E-state index in [-0.39, 0.29) is 6.04 Å². The molecule has 1 aliphatic heterocycles.